The zero-order chi connectivity index (χ0) is 19.5. The van der Waals surface area contributed by atoms with Crippen LogP contribution in [0.25, 0.3) is 10.2 Å². The summed E-state index contributed by atoms with van der Waals surface area (Å²) in [6.45, 7) is 2.37. The van der Waals surface area contributed by atoms with Crippen molar-refractivity contribution in [2.24, 2.45) is 0 Å². The quantitative estimate of drug-likeness (QED) is 0.467. The van der Waals surface area contributed by atoms with E-state index in [4.69, 9.17) is 9.40 Å². The van der Waals surface area contributed by atoms with Crippen molar-refractivity contribution < 1.29 is 9.21 Å². The van der Waals surface area contributed by atoms with Crippen LogP contribution >= 0.6 is 23.1 Å². The Morgan fingerprint density at radius 1 is 1.43 bits per heavy atom. The minimum atomic E-state index is -0.0870. The normalized spacial score (nSPS) is 14.8. The van der Waals surface area contributed by atoms with Crippen LogP contribution in [-0.4, -0.2) is 27.3 Å². The summed E-state index contributed by atoms with van der Waals surface area (Å²) in [6.07, 6.45) is 6.92. The monoisotopic (exact) mass is 417 g/mol. The summed E-state index contributed by atoms with van der Waals surface area (Å²) in [7, 11) is 0. The molecule has 1 aliphatic rings. The molecule has 0 bridgehead atoms. The number of nitrogens with one attached hydrogen (secondary N) is 1. The first-order chi connectivity index (χ1) is 13.6. The first-order valence-corrected chi connectivity index (χ1v) is 11.4. The molecule has 3 aromatic heterocycles. The number of hydrogen-bond donors (Lipinski definition) is 1. The van der Waals surface area contributed by atoms with E-state index < -0.39 is 0 Å². The second-order valence-corrected chi connectivity index (χ2v) is 9.05. The van der Waals surface area contributed by atoms with Gasteiger partial charge in [-0.2, -0.15) is 0 Å². The van der Waals surface area contributed by atoms with Gasteiger partial charge < -0.3 is 9.73 Å². The van der Waals surface area contributed by atoms with Crippen LogP contribution < -0.4 is 10.9 Å². The van der Waals surface area contributed by atoms with Crippen LogP contribution in [-0.2, 0) is 17.8 Å². The van der Waals surface area contributed by atoms with Crippen molar-refractivity contribution in [2.75, 3.05) is 5.75 Å². The summed E-state index contributed by atoms with van der Waals surface area (Å²) < 4.78 is 7.04. The maximum absolute atomic E-state index is 13.1. The van der Waals surface area contributed by atoms with Gasteiger partial charge >= 0.3 is 0 Å². The number of aromatic nitrogens is 2. The molecule has 1 N–H and O–H groups in total. The number of hydrogen-bond acceptors (Lipinski definition) is 6. The van der Waals surface area contributed by atoms with Crippen molar-refractivity contribution in [1.29, 1.82) is 0 Å². The van der Waals surface area contributed by atoms with Gasteiger partial charge in [-0.05, 0) is 37.5 Å². The number of amides is 1. The van der Waals surface area contributed by atoms with Gasteiger partial charge in [0.15, 0.2) is 5.16 Å². The molecule has 4 rings (SSSR count). The zero-order valence-corrected chi connectivity index (χ0v) is 17.4. The Kier molecular flexibility index (Phi) is 5.87. The zero-order valence-electron chi connectivity index (χ0n) is 15.8. The topological polar surface area (TPSA) is 77.1 Å². The number of aryl methyl sites for hydroxylation is 1. The molecule has 0 spiro atoms. The lowest BCUT2D eigenvalue weighted by molar-refractivity contribution is -0.119. The molecule has 3 aromatic rings. The number of nitrogens with zero attached hydrogens (tertiary/aromatic N) is 2. The summed E-state index contributed by atoms with van der Waals surface area (Å²) in [5.74, 6) is 0.932. The molecule has 0 unspecified atom stereocenters. The van der Waals surface area contributed by atoms with Gasteiger partial charge in [-0.15, -0.1) is 11.3 Å². The standard InChI is InChI=1S/C20H23N3O3S2/c1-2-15-10-16-18(28-15)22-20(23(19(16)25)11-14-8-5-9-26-14)27-12-17(24)21-13-6-3-4-7-13/h5,8-10,13H,2-4,6-7,11-12H2,1H3,(H,21,24). The van der Waals surface area contributed by atoms with Gasteiger partial charge in [0.25, 0.3) is 5.56 Å². The summed E-state index contributed by atoms with van der Waals surface area (Å²) in [4.78, 5) is 32.0. The predicted octanol–water partition coefficient (Wildman–Crippen LogP) is 3.81. The van der Waals surface area contributed by atoms with E-state index in [1.807, 2.05) is 12.1 Å². The maximum atomic E-state index is 13.1. The van der Waals surface area contributed by atoms with Crippen molar-refractivity contribution in [3.63, 3.8) is 0 Å². The average molecular weight is 418 g/mol. The van der Waals surface area contributed by atoms with Crippen molar-refractivity contribution in [1.82, 2.24) is 14.9 Å². The molecule has 1 fully saturated rings. The van der Waals surface area contributed by atoms with Crippen LogP contribution in [0.5, 0.6) is 0 Å². The van der Waals surface area contributed by atoms with E-state index in [0.717, 1.165) is 29.0 Å². The van der Waals surface area contributed by atoms with Crippen LogP contribution in [0.3, 0.4) is 0 Å². The maximum Gasteiger partial charge on any atom is 0.263 e. The predicted molar refractivity (Wildman–Crippen MR) is 112 cm³/mol. The largest absolute Gasteiger partial charge is 0.467 e. The molecule has 0 atom stereocenters. The lowest BCUT2D eigenvalue weighted by Gasteiger charge is -2.13. The second kappa shape index (κ2) is 8.53. The smallest absolute Gasteiger partial charge is 0.263 e. The van der Waals surface area contributed by atoms with Crippen LogP contribution in [0.15, 0.2) is 38.8 Å². The van der Waals surface area contributed by atoms with Gasteiger partial charge in [-0.25, -0.2) is 4.98 Å². The van der Waals surface area contributed by atoms with Gasteiger partial charge in [0.1, 0.15) is 10.6 Å². The number of carbonyl (C=O) groups is 1. The molecule has 148 valence electrons. The number of thiophene rings is 1. The van der Waals surface area contributed by atoms with Gasteiger partial charge in [0.2, 0.25) is 5.91 Å². The fourth-order valence-corrected chi connectivity index (χ4v) is 5.32. The Morgan fingerprint density at radius 3 is 2.96 bits per heavy atom. The van der Waals surface area contributed by atoms with Crippen molar-refractivity contribution >= 4 is 39.2 Å². The first kappa shape index (κ1) is 19.3. The first-order valence-electron chi connectivity index (χ1n) is 9.62. The van der Waals surface area contributed by atoms with E-state index >= 15 is 0 Å². The number of fused-ring (bicyclic) bond motifs is 1. The Hall–Kier alpha value is -2.06. The molecule has 1 amide bonds. The average Bonchev–Trinajstić information content (AvgIpc) is 3.44. The third kappa shape index (κ3) is 4.17. The highest BCUT2D eigenvalue weighted by molar-refractivity contribution is 7.99. The van der Waals surface area contributed by atoms with E-state index in [1.54, 1.807) is 28.2 Å². The molecule has 3 heterocycles. The van der Waals surface area contributed by atoms with Gasteiger partial charge in [-0.3, -0.25) is 14.2 Å². The van der Waals surface area contributed by atoms with Crippen molar-refractivity contribution in [2.45, 2.75) is 56.8 Å². The van der Waals surface area contributed by atoms with Gasteiger partial charge in [-0.1, -0.05) is 31.5 Å². The lowest BCUT2D eigenvalue weighted by atomic mass is 10.2. The molecule has 8 heteroatoms. The van der Waals surface area contributed by atoms with Crippen LogP contribution in [0.1, 0.15) is 43.2 Å². The second-order valence-electron chi connectivity index (χ2n) is 6.99. The van der Waals surface area contributed by atoms with E-state index in [1.165, 1.54) is 24.6 Å². The van der Waals surface area contributed by atoms with Crippen molar-refractivity contribution in [3.8, 4) is 0 Å². The number of furan rings is 1. The fraction of sp³-hybridized carbons (Fsp3) is 0.450. The highest BCUT2D eigenvalue weighted by Crippen LogP contribution is 2.26. The fourth-order valence-electron chi connectivity index (χ4n) is 3.50. The Balaban J connectivity index is 1.60. The van der Waals surface area contributed by atoms with Gasteiger partial charge in [0.05, 0.1) is 23.9 Å². The van der Waals surface area contributed by atoms with Crippen LogP contribution in [0.4, 0.5) is 0 Å². The molecule has 1 saturated carbocycles. The molecular formula is C20H23N3O3S2. The van der Waals surface area contributed by atoms with E-state index in [-0.39, 0.29) is 17.2 Å². The molecule has 0 radical (unpaired) electrons. The Labute approximate surface area is 171 Å². The minimum Gasteiger partial charge on any atom is -0.467 e. The van der Waals surface area contributed by atoms with E-state index in [0.29, 0.717) is 28.9 Å². The van der Waals surface area contributed by atoms with Crippen LogP contribution in [0, 0.1) is 0 Å². The van der Waals surface area contributed by atoms with Gasteiger partial charge in [0, 0.05) is 10.9 Å². The molecule has 0 aliphatic heterocycles. The third-order valence-electron chi connectivity index (χ3n) is 4.96. The highest BCUT2D eigenvalue weighted by Gasteiger charge is 2.19. The third-order valence-corrected chi connectivity index (χ3v) is 7.11. The molecule has 1 aliphatic carbocycles. The highest BCUT2D eigenvalue weighted by atomic mass is 32.2. The number of carbonyl (C=O) groups excluding carboxylic acids is 1. The van der Waals surface area contributed by atoms with E-state index in [2.05, 4.69) is 12.2 Å². The molecule has 0 saturated heterocycles. The van der Waals surface area contributed by atoms with E-state index in [9.17, 15) is 9.59 Å². The Morgan fingerprint density at radius 2 is 2.25 bits per heavy atom. The molecule has 28 heavy (non-hydrogen) atoms. The Bertz CT molecular complexity index is 1020. The molecule has 0 aromatic carbocycles. The minimum absolute atomic E-state index is 0.00350. The lowest BCUT2D eigenvalue weighted by Crippen LogP contribution is -2.34. The summed E-state index contributed by atoms with van der Waals surface area (Å²) in [5.41, 5.74) is -0.0870. The van der Waals surface area contributed by atoms with Crippen molar-refractivity contribution in [3.05, 3.63) is 45.5 Å². The number of rotatable bonds is 7. The molecule has 6 nitrogen and oxygen atoms in total. The summed E-state index contributed by atoms with van der Waals surface area (Å²) >= 11 is 2.85. The summed E-state index contributed by atoms with van der Waals surface area (Å²) in [6, 6.07) is 5.85. The molecular weight excluding hydrogens is 394 g/mol. The number of thioether (sulfide) groups is 1. The summed E-state index contributed by atoms with van der Waals surface area (Å²) in [5, 5.41) is 4.28. The SMILES string of the molecule is CCc1cc2c(=O)n(Cc3ccco3)c(SCC(=O)NC3CCCC3)nc2s1. The van der Waals surface area contributed by atoms with Crippen LogP contribution in [0.2, 0.25) is 0 Å².